The zero-order valence-corrected chi connectivity index (χ0v) is 14.9. The van der Waals surface area contributed by atoms with Crippen LogP contribution in [-0.4, -0.2) is 16.2 Å². The normalized spacial score (nSPS) is 11.3. The van der Waals surface area contributed by atoms with Crippen molar-refractivity contribution in [3.63, 3.8) is 0 Å². The number of hydrogen-bond acceptors (Lipinski definition) is 5. The van der Waals surface area contributed by atoms with E-state index in [9.17, 15) is 4.39 Å². The Morgan fingerprint density at radius 2 is 1.92 bits per heavy atom. The topological polar surface area (TPSA) is 50.2 Å². The molecule has 26 heavy (non-hydrogen) atoms. The summed E-state index contributed by atoms with van der Waals surface area (Å²) in [7, 11) is 0. The third-order valence-electron chi connectivity index (χ3n) is 3.82. The third kappa shape index (κ3) is 3.16. The third-order valence-corrected chi connectivity index (χ3v) is 5.03. The molecule has 2 aromatic carbocycles. The van der Waals surface area contributed by atoms with Crippen molar-refractivity contribution in [2.75, 3.05) is 5.43 Å². The summed E-state index contributed by atoms with van der Waals surface area (Å²) in [6, 6.07) is 14.5. The standard InChI is InChI=1S/C19H12ClFN4S/c20-15-7-4-8-16(21)13(15)9-24-25-18-17-14(12-5-2-1-3-6-12)10-26-19(17)23-11-22-18/h1-11H,(H,22,23,25)/b24-9+. The molecule has 0 spiro atoms. The van der Waals surface area contributed by atoms with Crippen molar-refractivity contribution >= 4 is 45.2 Å². The van der Waals surface area contributed by atoms with Crippen molar-refractivity contribution in [3.05, 3.63) is 76.6 Å². The molecule has 0 aliphatic heterocycles. The van der Waals surface area contributed by atoms with E-state index in [4.69, 9.17) is 11.6 Å². The van der Waals surface area contributed by atoms with Gasteiger partial charge in [-0.15, -0.1) is 11.3 Å². The lowest BCUT2D eigenvalue weighted by atomic mass is 10.1. The molecule has 2 heterocycles. The van der Waals surface area contributed by atoms with Crippen LogP contribution in [0.5, 0.6) is 0 Å². The van der Waals surface area contributed by atoms with Crippen LogP contribution in [0.1, 0.15) is 5.56 Å². The Labute approximate surface area is 158 Å². The van der Waals surface area contributed by atoms with Gasteiger partial charge in [-0.1, -0.05) is 48.0 Å². The molecule has 0 saturated heterocycles. The van der Waals surface area contributed by atoms with Crippen molar-refractivity contribution < 1.29 is 4.39 Å². The lowest BCUT2D eigenvalue weighted by molar-refractivity contribution is 0.626. The van der Waals surface area contributed by atoms with Gasteiger partial charge in [0.05, 0.1) is 16.6 Å². The van der Waals surface area contributed by atoms with Crippen LogP contribution in [-0.2, 0) is 0 Å². The highest BCUT2D eigenvalue weighted by Gasteiger charge is 2.12. The monoisotopic (exact) mass is 382 g/mol. The van der Waals surface area contributed by atoms with Crippen LogP contribution in [0.25, 0.3) is 21.3 Å². The molecule has 4 aromatic rings. The zero-order chi connectivity index (χ0) is 17.9. The highest BCUT2D eigenvalue weighted by Crippen LogP contribution is 2.36. The van der Waals surface area contributed by atoms with Gasteiger partial charge in [-0.2, -0.15) is 5.10 Å². The van der Waals surface area contributed by atoms with E-state index in [0.29, 0.717) is 10.8 Å². The molecular formula is C19H12ClFN4S. The molecule has 0 aliphatic carbocycles. The minimum atomic E-state index is -0.434. The SMILES string of the molecule is Fc1cccc(Cl)c1/C=N/Nc1ncnc2scc(-c3ccccc3)c12. The van der Waals surface area contributed by atoms with Crippen molar-refractivity contribution in [1.29, 1.82) is 0 Å². The summed E-state index contributed by atoms with van der Waals surface area (Å²) < 4.78 is 13.8. The Morgan fingerprint density at radius 1 is 1.08 bits per heavy atom. The number of nitrogens with one attached hydrogen (secondary N) is 1. The van der Waals surface area contributed by atoms with E-state index >= 15 is 0 Å². The number of hydrogen-bond donors (Lipinski definition) is 1. The van der Waals surface area contributed by atoms with E-state index in [2.05, 4.69) is 20.5 Å². The van der Waals surface area contributed by atoms with Gasteiger partial charge in [0, 0.05) is 16.5 Å². The lowest BCUT2D eigenvalue weighted by Gasteiger charge is -2.05. The molecule has 0 bridgehead atoms. The predicted octanol–water partition coefficient (Wildman–Crippen LogP) is 5.60. The quantitative estimate of drug-likeness (QED) is 0.369. The number of halogens is 2. The minimum absolute atomic E-state index is 0.223. The number of anilines is 1. The predicted molar refractivity (Wildman–Crippen MR) is 105 cm³/mol. The highest BCUT2D eigenvalue weighted by atomic mass is 35.5. The Kier molecular flexibility index (Phi) is 4.60. The second-order valence-electron chi connectivity index (χ2n) is 5.42. The second kappa shape index (κ2) is 7.19. The summed E-state index contributed by atoms with van der Waals surface area (Å²) in [5, 5.41) is 7.32. The molecule has 4 nitrogen and oxygen atoms in total. The molecule has 128 valence electrons. The summed E-state index contributed by atoms with van der Waals surface area (Å²) in [6.07, 6.45) is 2.82. The summed E-state index contributed by atoms with van der Waals surface area (Å²) in [4.78, 5) is 9.45. The zero-order valence-electron chi connectivity index (χ0n) is 13.4. The number of hydrazone groups is 1. The van der Waals surface area contributed by atoms with Gasteiger partial charge in [-0.05, 0) is 17.7 Å². The fourth-order valence-electron chi connectivity index (χ4n) is 2.58. The average molecular weight is 383 g/mol. The van der Waals surface area contributed by atoms with Crippen LogP contribution in [0.2, 0.25) is 5.02 Å². The summed E-state index contributed by atoms with van der Waals surface area (Å²) in [5.41, 5.74) is 5.20. The van der Waals surface area contributed by atoms with Crippen LogP contribution >= 0.6 is 22.9 Å². The number of rotatable bonds is 4. The number of fused-ring (bicyclic) bond motifs is 1. The van der Waals surface area contributed by atoms with Gasteiger partial charge < -0.3 is 0 Å². The maximum atomic E-state index is 13.8. The van der Waals surface area contributed by atoms with Crippen LogP contribution in [0.15, 0.2) is 65.3 Å². The van der Waals surface area contributed by atoms with Gasteiger partial charge in [0.2, 0.25) is 0 Å². The van der Waals surface area contributed by atoms with E-state index in [1.54, 1.807) is 12.1 Å². The van der Waals surface area contributed by atoms with Crippen LogP contribution < -0.4 is 5.43 Å². The fraction of sp³-hybridized carbons (Fsp3) is 0. The first-order valence-corrected chi connectivity index (χ1v) is 9.00. The molecule has 0 saturated carbocycles. The molecule has 0 fully saturated rings. The first-order valence-electron chi connectivity index (χ1n) is 7.75. The molecule has 0 radical (unpaired) electrons. The van der Waals surface area contributed by atoms with Gasteiger partial charge in [0.25, 0.3) is 0 Å². The number of nitrogens with zero attached hydrogens (tertiary/aromatic N) is 3. The molecule has 0 aliphatic rings. The Hall–Kier alpha value is -2.83. The number of aromatic nitrogens is 2. The summed E-state index contributed by atoms with van der Waals surface area (Å²) in [6.45, 7) is 0. The van der Waals surface area contributed by atoms with Gasteiger partial charge in [-0.3, -0.25) is 5.43 Å². The van der Waals surface area contributed by atoms with Gasteiger partial charge in [0.15, 0.2) is 5.82 Å². The smallest absolute Gasteiger partial charge is 0.159 e. The fourth-order valence-corrected chi connectivity index (χ4v) is 3.71. The first-order chi connectivity index (χ1) is 12.7. The Balaban J connectivity index is 1.71. The molecular weight excluding hydrogens is 371 g/mol. The average Bonchev–Trinajstić information content (AvgIpc) is 3.10. The van der Waals surface area contributed by atoms with E-state index in [1.165, 1.54) is 29.9 Å². The largest absolute Gasteiger partial charge is 0.261 e. The van der Waals surface area contributed by atoms with Crippen molar-refractivity contribution in [3.8, 4) is 11.1 Å². The molecule has 7 heteroatoms. The molecule has 1 N–H and O–H groups in total. The lowest BCUT2D eigenvalue weighted by Crippen LogP contribution is -1.97. The Bertz CT molecular complexity index is 1080. The molecule has 0 unspecified atom stereocenters. The maximum absolute atomic E-state index is 13.8. The van der Waals surface area contributed by atoms with Crippen molar-refractivity contribution in [1.82, 2.24) is 9.97 Å². The van der Waals surface area contributed by atoms with Crippen molar-refractivity contribution in [2.24, 2.45) is 5.10 Å². The first kappa shape index (κ1) is 16.6. The highest BCUT2D eigenvalue weighted by molar-refractivity contribution is 7.17. The van der Waals surface area contributed by atoms with E-state index in [1.807, 2.05) is 35.7 Å². The van der Waals surface area contributed by atoms with E-state index in [-0.39, 0.29) is 5.56 Å². The second-order valence-corrected chi connectivity index (χ2v) is 6.69. The van der Waals surface area contributed by atoms with Gasteiger partial charge in [0.1, 0.15) is 17.0 Å². The van der Waals surface area contributed by atoms with E-state index in [0.717, 1.165) is 21.3 Å². The number of thiophene rings is 1. The minimum Gasteiger partial charge on any atom is -0.261 e. The van der Waals surface area contributed by atoms with Gasteiger partial charge >= 0.3 is 0 Å². The van der Waals surface area contributed by atoms with Crippen LogP contribution in [0, 0.1) is 5.82 Å². The maximum Gasteiger partial charge on any atom is 0.159 e. The van der Waals surface area contributed by atoms with Crippen LogP contribution in [0.3, 0.4) is 0 Å². The van der Waals surface area contributed by atoms with Crippen LogP contribution in [0.4, 0.5) is 10.2 Å². The summed E-state index contributed by atoms with van der Waals surface area (Å²) in [5.74, 6) is 0.121. The van der Waals surface area contributed by atoms with Gasteiger partial charge in [-0.25, -0.2) is 14.4 Å². The van der Waals surface area contributed by atoms with E-state index < -0.39 is 5.82 Å². The Morgan fingerprint density at radius 3 is 2.73 bits per heavy atom. The molecule has 2 aromatic heterocycles. The van der Waals surface area contributed by atoms with Crippen molar-refractivity contribution in [2.45, 2.75) is 0 Å². The molecule has 0 amide bonds. The number of benzene rings is 2. The summed E-state index contributed by atoms with van der Waals surface area (Å²) >= 11 is 7.54. The molecule has 4 rings (SSSR count). The molecule has 0 atom stereocenters.